The van der Waals surface area contributed by atoms with Crippen LogP contribution in [0.25, 0.3) is 0 Å². The molecule has 0 spiro atoms. The van der Waals surface area contributed by atoms with Crippen LogP contribution in [0.4, 0.5) is 8.78 Å². The van der Waals surface area contributed by atoms with Crippen molar-refractivity contribution in [2.24, 2.45) is 5.92 Å². The summed E-state index contributed by atoms with van der Waals surface area (Å²) in [7, 11) is 0. The number of aliphatic hydroxyl groups is 1. The third-order valence-corrected chi connectivity index (χ3v) is 3.06. The monoisotopic (exact) mass is 212 g/mol. The van der Waals surface area contributed by atoms with Crippen molar-refractivity contribution in [3.05, 3.63) is 35.4 Å². The van der Waals surface area contributed by atoms with E-state index < -0.39 is 17.7 Å². The van der Waals surface area contributed by atoms with Gasteiger partial charge >= 0.3 is 0 Å². The molecule has 1 aromatic rings. The van der Waals surface area contributed by atoms with Crippen LogP contribution in [0, 0.1) is 17.6 Å². The van der Waals surface area contributed by atoms with E-state index in [1.54, 1.807) is 0 Å². The Kier molecular flexibility index (Phi) is 3.00. The summed E-state index contributed by atoms with van der Waals surface area (Å²) in [4.78, 5) is 0. The Morgan fingerprint density at radius 1 is 1.20 bits per heavy atom. The molecule has 1 N–H and O–H groups in total. The molecule has 0 aromatic heterocycles. The quantitative estimate of drug-likeness (QED) is 0.816. The van der Waals surface area contributed by atoms with Gasteiger partial charge in [-0.25, -0.2) is 8.78 Å². The molecule has 1 atom stereocenters. The van der Waals surface area contributed by atoms with Crippen LogP contribution in [0.15, 0.2) is 18.2 Å². The Bertz CT molecular complexity index is 327. The number of aliphatic hydroxyl groups excluding tert-OH is 1. The van der Waals surface area contributed by atoms with Gasteiger partial charge in [-0.3, -0.25) is 0 Å². The van der Waals surface area contributed by atoms with E-state index in [0.717, 1.165) is 25.3 Å². The molecule has 0 aliphatic heterocycles. The van der Waals surface area contributed by atoms with Gasteiger partial charge in [0.25, 0.3) is 0 Å². The molecule has 1 fully saturated rings. The van der Waals surface area contributed by atoms with E-state index in [2.05, 4.69) is 0 Å². The molecule has 0 amide bonds. The zero-order valence-corrected chi connectivity index (χ0v) is 8.42. The SMILES string of the molecule is OC(Cc1cc(F)cc(F)c1)C1CCC1. The van der Waals surface area contributed by atoms with Crippen molar-refractivity contribution < 1.29 is 13.9 Å². The normalized spacial score (nSPS) is 18.6. The summed E-state index contributed by atoms with van der Waals surface area (Å²) in [6.45, 7) is 0. The van der Waals surface area contributed by atoms with Crippen LogP contribution in [-0.2, 0) is 6.42 Å². The lowest BCUT2D eigenvalue weighted by atomic mass is 9.79. The topological polar surface area (TPSA) is 20.2 Å². The Morgan fingerprint density at radius 3 is 2.27 bits per heavy atom. The largest absolute Gasteiger partial charge is 0.392 e. The molecule has 1 unspecified atom stereocenters. The number of rotatable bonds is 3. The Morgan fingerprint density at radius 2 is 1.80 bits per heavy atom. The van der Waals surface area contributed by atoms with E-state index in [-0.39, 0.29) is 0 Å². The molecular weight excluding hydrogens is 198 g/mol. The van der Waals surface area contributed by atoms with Gasteiger partial charge in [-0.2, -0.15) is 0 Å². The van der Waals surface area contributed by atoms with E-state index in [9.17, 15) is 13.9 Å². The lowest BCUT2D eigenvalue weighted by Crippen LogP contribution is -2.28. The molecule has 1 aromatic carbocycles. The van der Waals surface area contributed by atoms with Crippen molar-refractivity contribution in [1.82, 2.24) is 0 Å². The van der Waals surface area contributed by atoms with Crippen LogP contribution >= 0.6 is 0 Å². The summed E-state index contributed by atoms with van der Waals surface area (Å²) < 4.78 is 25.7. The molecule has 1 aliphatic carbocycles. The molecule has 0 heterocycles. The second kappa shape index (κ2) is 4.27. The highest BCUT2D eigenvalue weighted by molar-refractivity contribution is 5.18. The van der Waals surface area contributed by atoms with Crippen molar-refractivity contribution in [3.8, 4) is 0 Å². The second-order valence-electron chi connectivity index (χ2n) is 4.24. The molecule has 1 aliphatic rings. The van der Waals surface area contributed by atoms with Crippen LogP contribution in [0.1, 0.15) is 24.8 Å². The molecule has 0 saturated heterocycles. The number of hydrogen-bond acceptors (Lipinski definition) is 1. The third-order valence-electron chi connectivity index (χ3n) is 3.06. The van der Waals surface area contributed by atoms with E-state index >= 15 is 0 Å². The van der Waals surface area contributed by atoms with E-state index in [1.165, 1.54) is 12.1 Å². The molecule has 0 bridgehead atoms. The lowest BCUT2D eigenvalue weighted by molar-refractivity contribution is 0.0629. The van der Waals surface area contributed by atoms with Gasteiger partial charge in [-0.1, -0.05) is 6.42 Å². The minimum absolute atomic E-state index is 0.316. The molecule has 82 valence electrons. The predicted molar refractivity (Wildman–Crippen MR) is 53.4 cm³/mol. The average molecular weight is 212 g/mol. The summed E-state index contributed by atoms with van der Waals surface area (Å²) in [6, 6.07) is 3.41. The number of hydrogen-bond donors (Lipinski definition) is 1. The van der Waals surface area contributed by atoms with Crippen molar-refractivity contribution in [3.63, 3.8) is 0 Å². The fourth-order valence-electron chi connectivity index (χ4n) is 1.96. The highest BCUT2D eigenvalue weighted by Gasteiger charge is 2.25. The maximum atomic E-state index is 12.9. The van der Waals surface area contributed by atoms with Gasteiger partial charge in [-0.05, 0) is 42.9 Å². The van der Waals surface area contributed by atoms with Crippen LogP contribution in [-0.4, -0.2) is 11.2 Å². The first kappa shape index (κ1) is 10.6. The minimum atomic E-state index is -0.578. The van der Waals surface area contributed by atoms with Gasteiger partial charge < -0.3 is 5.11 Å². The van der Waals surface area contributed by atoms with Crippen molar-refractivity contribution in [2.75, 3.05) is 0 Å². The Balaban J connectivity index is 2.02. The van der Waals surface area contributed by atoms with E-state index in [4.69, 9.17) is 0 Å². The summed E-state index contributed by atoms with van der Waals surface area (Å²) >= 11 is 0. The lowest BCUT2D eigenvalue weighted by Gasteiger charge is -2.30. The van der Waals surface area contributed by atoms with Gasteiger partial charge in [0, 0.05) is 6.07 Å². The van der Waals surface area contributed by atoms with Crippen LogP contribution in [0.2, 0.25) is 0 Å². The molecule has 15 heavy (non-hydrogen) atoms. The van der Waals surface area contributed by atoms with Gasteiger partial charge in [-0.15, -0.1) is 0 Å². The predicted octanol–water partition coefficient (Wildman–Crippen LogP) is 2.67. The minimum Gasteiger partial charge on any atom is -0.392 e. The molecule has 1 nitrogen and oxygen atoms in total. The standard InChI is InChI=1S/C12H14F2O/c13-10-4-8(5-11(14)7-10)6-12(15)9-2-1-3-9/h4-5,7,9,12,15H,1-3,6H2. The molecule has 1 saturated carbocycles. The third kappa shape index (κ3) is 2.53. The average Bonchev–Trinajstić information content (AvgIpc) is 1.96. The molecule has 0 radical (unpaired) electrons. The number of halogens is 2. The van der Waals surface area contributed by atoms with Crippen LogP contribution < -0.4 is 0 Å². The van der Waals surface area contributed by atoms with Gasteiger partial charge in [0.05, 0.1) is 6.10 Å². The zero-order chi connectivity index (χ0) is 10.8. The maximum absolute atomic E-state index is 12.9. The van der Waals surface area contributed by atoms with Crippen molar-refractivity contribution in [1.29, 1.82) is 0 Å². The first-order valence-corrected chi connectivity index (χ1v) is 5.28. The summed E-state index contributed by atoms with van der Waals surface area (Å²) in [5.41, 5.74) is 0.534. The molecule has 3 heteroatoms. The van der Waals surface area contributed by atoms with E-state index in [1.807, 2.05) is 0 Å². The van der Waals surface area contributed by atoms with E-state index in [0.29, 0.717) is 17.9 Å². The van der Waals surface area contributed by atoms with Gasteiger partial charge in [0.1, 0.15) is 11.6 Å². The zero-order valence-electron chi connectivity index (χ0n) is 8.42. The number of benzene rings is 1. The Hall–Kier alpha value is -0.960. The van der Waals surface area contributed by atoms with Crippen LogP contribution in [0.3, 0.4) is 0 Å². The summed E-state index contributed by atoms with van der Waals surface area (Å²) in [5, 5.41) is 9.76. The smallest absolute Gasteiger partial charge is 0.126 e. The van der Waals surface area contributed by atoms with Crippen molar-refractivity contribution >= 4 is 0 Å². The second-order valence-corrected chi connectivity index (χ2v) is 4.24. The highest BCUT2D eigenvalue weighted by atomic mass is 19.1. The van der Waals surface area contributed by atoms with Crippen LogP contribution in [0.5, 0.6) is 0 Å². The fraction of sp³-hybridized carbons (Fsp3) is 0.500. The fourth-order valence-corrected chi connectivity index (χ4v) is 1.96. The van der Waals surface area contributed by atoms with Gasteiger partial charge in [0.15, 0.2) is 0 Å². The molecular formula is C12H14F2O. The van der Waals surface area contributed by atoms with Gasteiger partial charge in [0.2, 0.25) is 0 Å². The first-order chi connectivity index (χ1) is 7.15. The summed E-state index contributed by atoms with van der Waals surface area (Å²) in [5.74, 6) is -0.840. The summed E-state index contributed by atoms with van der Waals surface area (Å²) in [6.07, 6.45) is 3.09. The molecule has 2 rings (SSSR count). The maximum Gasteiger partial charge on any atom is 0.126 e. The Labute approximate surface area is 87.7 Å². The van der Waals surface area contributed by atoms with Crippen molar-refractivity contribution in [2.45, 2.75) is 31.8 Å². The highest BCUT2D eigenvalue weighted by Crippen LogP contribution is 2.31. The first-order valence-electron chi connectivity index (χ1n) is 5.28.